The molecule has 0 aliphatic rings. The SMILES string of the molecule is COc1ccc(NC(=O)CNC(=O)c2ccc(OC(F)F)cc2)cc1S(=O)(=O)N(C)C. The number of ether oxygens (including phenoxy) is 2. The van der Waals surface area contributed by atoms with Gasteiger partial charge in [-0.05, 0) is 42.5 Å². The molecule has 31 heavy (non-hydrogen) atoms. The van der Waals surface area contributed by atoms with Gasteiger partial charge in [0.15, 0.2) is 0 Å². The summed E-state index contributed by atoms with van der Waals surface area (Å²) >= 11 is 0. The molecule has 2 aromatic carbocycles. The van der Waals surface area contributed by atoms with Gasteiger partial charge >= 0.3 is 6.61 Å². The normalized spacial score (nSPS) is 11.3. The second kappa shape index (κ2) is 10.2. The van der Waals surface area contributed by atoms with Crippen LogP contribution in [0.15, 0.2) is 47.4 Å². The number of nitrogens with one attached hydrogen (secondary N) is 2. The molecule has 0 aliphatic carbocycles. The average molecular weight is 457 g/mol. The highest BCUT2D eigenvalue weighted by molar-refractivity contribution is 7.89. The number of rotatable bonds is 9. The summed E-state index contributed by atoms with van der Waals surface area (Å²) < 4.78 is 59.4. The van der Waals surface area contributed by atoms with Crippen molar-refractivity contribution >= 4 is 27.5 Å². The van der Waals surface area contributed by atoms with E-state index in [4.69, 9.17) is 4.74 Å². The van der Waals surface area contributed by atoms with Crippen molar-refractivity contribution < 1.29 is 36.3 Å². The van der Waals surface area contributed by atoms with Crippen LogP contribution in [-0.4, -0.2) is 58.9 Å². The van der Waals surface area contributed by atoms with Crippen LogP contribution in [0.1, 0.15) is 10.4 Å². The zero-order valence-corrected chi connectivity index (χ0v) is 17.7. The molecule has 0 saturated carbocycles. The molecule has 0 heterocycles. The van der Waals surface area contributed by atoms with Crippen LogP contribution in [0.3, 0.4) is 0 Å². The monoisotopic (exact) mass is 457 g/mol. The van der Waals surface area contributed by atoms with E-state index in [-0.39, 0.29) is 27.6 Å². The predicted molar refractivity (Wildman–Crippen MR) is 108 cm³/mol. The van der Waals surface area contributed by atoms with Crippen molar-refractivity contribution in [3.63, 3.8) is 0 Å². The fourth-order valence-corrected chi connectivity index (χ4v) is 3.48. The molecule has 0 fully saturated rings. The Morgan fingerprint density at radius 1 is 1.10 bits per heavy atom. The van der Waals surface area contributed by atoms with E-state index in [2.05, 4.69) is 15.4 Å². The number of carbonyl (C=O) groups is 2. The minimum Gasteiger partial charge on any atom is -0.495 e. The number of amides is 2. The highest BCUT2D eigenvalue weighted by Gasteiger charge is 2.23. The molecule has 0 spiro atoms. The fraction of sp³-hybridized carbons (Fsp3) is 0.263. The Morgan fingerprint density at radius 2 is 1.74 bits per heavy atom. The molecule has 2 aromatic rings. The summed E-state index contributed by atoms with van der Waals surface area (Å²) in [7, 11) is 0.228. The van der Waals surface area contributed by atoms with E-state index in [1.54, 1.807) is 0 Å². The average Bonchev–Trinajstić information content (AvgIpc) is 2.72. The van der Waals surface area contributed by atoms with Crippen LogP contribution in [0.25, 0.3) is 0 Å². The van der Waals surface area contributed by atoms with Gasteiger partial charge in [-0.15, -0.1) is 0 Å². The lowest BCUT2D eigenvalue weighted by Crippen LogP contribution is -2.32. The largest absolute Gasteiger partial charge is 0.495 e. The molecule has 0 atom stereocenters. The molecule has 2 N–H and O–H groups in total. The second-order valence-electron chi connectivity index (χ2n) is 6.29. The van der Waals surface area contributed by atoms with Gasteiger partial charge in [-0.2, -0.15) is 8.78 Å². The predicted octanol–water partition coefficient (Wildman–Crippen LogP) is 1.92. The maximum atomic E-state index is 12.4. The third-order valence-electron chi connectivity index (χ3n) is 3.96. The molecule has 9 nitrogen and oxygen atoms in total. The van der Waals surface area contributed by atoms with E-state index in [1.165, 1.54) is 63.7 Å². The minimum absolute atomic E-state index is 0.104. The third kappa shape index (κ3) is 6.36. The van der Waals surface area contributed by atoms with Crippen LogP contribution in [0.5, 0.6) is 11.5 Å². The van der Waals surface area contributed by atoms with Crippen LogP contribution in [0, 0.1) is 0 Å². The first-order valence-electron chi connectivity index (χ1n) is 8.78. The number of carbonyl (C=O) groups excluding carboxylic acids is 2. The Labute approximate surface area is 178 Å². The fourth-order valence-electron chi connectivity index (χ4n) is 2.41. The van der Waals surface area contributed by atoms with E-state index < -0.39 is 35.0 Å². The molecule has 12 heteroatoms. The standard InChI is InChI=1S/C19H21F2N3O6S/c1-24(2)31(27,28)16-10-13(6-9-15(16)29-3)23-17(25)11-22-18(26)12-4-7-14(8-5-12)30-19(20)21/h4-10,19H,11H2,1-3H3,(H,22,26)(H,23,25). The van der Waals surface area contributed by atoms with Gasteiger partial charge in [0.1, 0.15) is 16.4 Å². The maximum absolute atomic E-state index is 12.4. The van der Waals surface area contributed by atoms with Crippen molar-refractivity contribution in [1.82, 2.24) is 9.62 Å². The van der Waals surface area contributed by atoms with E-state index >= 15 is 0 Å². The summed E-state index contributed by atoms with van der Waals surface area (Å²) in [6, 6.07) is 9.04. The van der Waals surface area contributed by atoms with Crippen LogP contribution < -0.4 is 20.1 Å². The molecular weight excluding hydrogens is 436 g/mol. The Kier molecular flexibility index (Phi) is 7.89. The summed E-state index contributed by atoms with van der Waals surface area (Å²) in [6.07, 6.45) is 0. The van der Waals surface area contributed by atoms with Crippen LogP contribution in [-0.2, 0) is 14.8 Å². The number of alkyl halides is 2. The molecule has 0 bridgehead atoms. The van der Waals surface area contributed by atoms with Gasteiger partial charge in [-0.1, -0.05) is 0 Å². The third-order valence-corrected chi connectivity index (χ3v) is 5.79. The van der Waals surface area contributed by atoms with Crippen molar-refractivity contribution in [2.24, 2.45) is 0 Å². The van der Waals surface area contributed by atoms with Crippen molar-refractivity contribution in [3.05, 3.63) is 48.0 Å². The maximum Gasteiger partial charge on any atom is 0.387 e. The number of sulfonamides is 1. The van der Waals surface area contributed by atoms with Gasteiger partial charge < -0.3 is 20.1 Å². The van der Waals surface area contributed by atoms with E-state index in [9.17, 15) is 26.8 Å². The number of nitrogens with zero attached hydrogens (tertiary/aromatic N) is 1. The number of hydrogen-bond donors (Lipinski definition) is 2. The van der Waals surface area contributed by atoms with Gasteiger partial charge in [0.25, 0.3) is 5.91 Å². The summed E-state index contributed by atoms with van der Waals surface area (Å²) in [4.78, 5) is 24.1. The van der Waals surface area contributed by atoms with Gasteiger partial charge in [0.2, 0.25) is 15.9 Å². The lowest BCUT2D eigenvalue weighted by atomic mass is 10.2. The van der Waals surface area contributed by atoms with Gasteiger partial charge in [0, 0.05) is 25.3 Å². The molecule has 0 saturated heterocycles. The van der Waals surface area contributed by atoms with Crippen LogP contribution in [0.2, 0.25) is 0 Å². The summed E-state index contributed by atoms with van der Waals surface area (Å²) in [5.74, 6) is -1.21. The van der Waals surface area contributed by atoms with Crippen molar-refractivity contribution in [1.29, 1.82) is 0 Å². The zero-order chi connectivity index (χ0) is 23.2. The van der Waals surface area contributed by atoms with Gasteiger partial charge in [-0.25, -0.2) is 12.7 Å². The summed E-state index contributed by atoms with van der Waals surface area (Å²) in [5, 5.41) is 4.86. The Bertz CT molecular complexity index is 1040. The highest BCUT2D eigenvalue weighted by atomic mass is 32.2. The second-order valence-corrected chi connectivity index (χ2v) is 8.41. The van der Waals surface area contributed by atoms with Gasteiger partial charge in [0.05, 0.1) is 13.7 Å². The van der Waals surface area contributed by atoms with E-state index in [1.807, 2.05) is 0 Å². The Hall–Kier alpha value is -3.25. The zero-order valence-electron chi connectivity index (χ0n) is 16.9. The Balaban J connectivity index is 2.02. The number of hydrogen-bond acceptors (Lipinski definition) is 6. The van der Waals surface area contributed by atoms with E-state index in [0.717, 1.165) is 4.31 Å². The first-order valence-corrected chi connectivity index (χ1v) is 10.2. The first kappa shape index (κ1) is 24.0. The Morgan fingerprint density at radius 3 is 2.29 bits per heavy atom. The lowest BCUT2D eigenvalue weighted by molar-refractivity contribution is -0.115. The van der Waals surface area contributed by atoms with Crippen LogP contribution >= 0.6 is 0 Å². The van der Waals surface area contributed by atoms with Crippen molar-refractivity contribution in [3.8, 4) is 11.5 Å². The molecule has 2 rings (SSSR count). The number of anilines is 1. The first-order chi connectivity index (χ1) is 14.5. The minimum atomic E-state index is -3.82. The molecule has 2 amide bonds. The number of halogens is 2. The highest BCUT2D eigenvalue weighted by Crippen LogP contribution is 2.28. The topological polar surface area (TPSA) is 114 Å². The lowest BCUT2D eigenvalue weighted by Gasteiger charge is -2.16. The van der Waals surface area contributed by atoms with Crippen LogP contribution in [0.4, 0.5) is 14.5 Å². The van der Waals surface area contributed by atoms with Crippen molar-refractivity contribution in [2.75, 3.05) is 33.1 Å². The summed E-state index contributed by atoms with van der Waals surface area (Å²) in [6.45, 7) is -3.38. The van der Waals surface area contributed by atoms with Crippen molar-refractivity contribution in [2.45, 2.75) is 11.5 Å². The number of benzene rings is 2. The molecule has 0 aromatic heterocycles. The molecule has 0 aliphatic heterocycles. The van der Waals surface area contributed by atoms with E-state index in [0.29, 0.717) is 0 Å². The summed E-state index contributed by atoms with van der Waals surface area (Å²) in [5.41, 5.74) is 0.326. The molecule has 168 valence electrons. The molecular formula is C19H21F2N3O6S. The number of methoxy groups -OCH3 is 1. The molecule has 0 radical (unpaired) electrons. The van der Waals surface area contributed by atoms with Gasteiger partial charge in [-0.3, -0.25) is 9.59 Å². The smallest absolute Gasteiger partial charge is 0.387 e. The quantitative estimate of drug-likeness (QED) is 0.595. The molecule has 0 unspecified atom stereocenters.